The lowest BCUT2D eigenvalue weighted by atomic mass is 10.2. The molecule has 2 aromatic heterocycles. The molecule has 2 heterocycles. The van der Waals surface area contributed by atoms with Crippen molar-refractivity contribution in [3.05, 3.63) is 69.2 Å². The molecule has 0 aliphatic rings. The van der Waals surface area contributed by atoms with E-state index < -0.39 is 0 Å². The predicted octanol–water partition coefficient (Wildman–Crippen LogP) is 2.95. The molecule has 0 saturated carbocycles. The minimum atomic E-state index is -0.353. The van der Waals surface area contributed by atoms with E-state index >= 15 is 0 Å². The third-order valence-corrected chi connectivity index (χ3v) is 4.43. The van der Waals surface area contributed by atoms with Crippen LogP contribution in [0.4, 0.5) is 0 Å². The van der Waals surface area contributed by atoms with Crippen molar-refractivity contribution in [3.8, 4) is 11.4 Å². The van der Waals surface area contributed by atoms with E-state index in [9.17, 15) is 4.79 Å². The molecule has 0 spiro atoms. The Balaban J connectivity index is 1.71. The number of rotatable bonds is 3. The molecule has 4 rings (SSSR count). The smallest absolute Gasteiger partial charge is 0.258 e. The van der Waals surface area contributed by atoms with Crippen LogP contribution in [0.2, 0.25) is 0 Å². The zero-order valence-electron chi connectivity index (χ0n) is 13.2. The second kappa shape index (κ2) is 6.21. The van der Waals surface area contributed by atoms with Crippen LogP contribution in [0.1, 0.15) is 18.8 Å². The van der Waals surface area contributed by atoms with Crippen molar-refractivity contribution < 1.29 is 0 Å². The number of hydrogen-bond acceptors (Lipinski definition) is 5. The van der Waals surface area contributed by atoms with Gasteiger partial charge in [0.15, 0.2) is 0 Å². The Labute approximate surface area is 150 Å². The number of H-pyrrole nitrogens is 1. The zero-order valence-corrected chi connectivity index (χ0v) is 14.8. The highest BCUT2D eigenvalue weighted by Crippen LogP contribution is 2.19. The zero-order chi connectivity index (χ0) is 17.4. The molecule has 0 amide bonds. The highest BCUT2D eigenvalue weighted by Gasteiger charge is 2.16. The lowest BCUT2D eigenvalue weighted by Crippen LogP contribution is -2.19. The first kappa shape index (κ1) is 15.6. The Hall–Kier alpha value is -2.87. The molecule has 8 heteroatoms. The fourth-order valence-electron chi connectivity index (χ4n) is 2.52. The number of fused-ring (bicyclic) bond motifs is 1. The predicted molar refractivity (Wildman–Crippen MR) is 97.1 cm³/mol. The summed E-state index contributed by atoms with van der Waals surface area (Å²) in [5.41, 5.74) is 1.32. The lowest BCUT2D eigenvalue weighted by molar-refractivity contribution is 0.462. The summed E-state index contributed by atoms with van der Waals surface area (Å²) < 4.78 is 0.981. The number of hydrogen-bond donors (Lipinski definition) is 1. The second-order valence-electron chi connectivity index (χ2n) is 5.58. The maximum absolute atomic E-state index is 12.2. The number of nitrogens with one attached hydrogen (secondary N) is 1. The molecule has 1 N–H and O–H groups in total. The van der Waals surface area contributed by atoms with Crippen LogP contribution in [-0.4, -0.2) is 30.2 Å². The van der Waals surface area contributed by atoms with Crippen LogP contribution in [0.3, 0.4) is 0 Å². The average molecular weight is 397 g/mol. The molecule has 0 fully saturated rings. The third kappa shape index (κ3) is 2.96. The lowest BCUT2D eigenvalue weighted by Gasteiger charge is -2.09. The van der Waals surface area contributed by atoms with Gasteiger partial charge in [0.2, 0.25) is 5.82 Å². The Morgan fingerprint density at radius 1 is 1.12 bits per heavy atom. The maximum atomic E-state index is 12.2. The molecular weight excluding hydrogens is 384 g/mol. The highest BCUT2D eigenvalue weighted by atomic mass is 79.9. The maximum Gasteiger partial charge on any atom is 0.258 e. The molecule has 7 nitrogen and oxygen atoms in total. The fourth-order valence-corrected chi connectivity index (χ4v) is 2.78. The molecule has 1 atom stereocenters. The fraction of sp³-hybridized carbons (Fsp3) is 0.118. The molecule has 1 unspecified atom stereocenters. The van der Waals surface area contributed by atoms with Gasteiger partial charge in [-0.05, 0) is 48.5 Å². The summed E-state index contributed by atoms with van der Waals surface area (Å²) in [6.07, 6.45) is 0. The minimum Gasteiger partial charge on any atom is -0.308 e. The van der Waals surface area contributed by atoms with Crippen LogP contribution in [0, 0.1) is 0 Å². The molecule has 2 aromatic carbocycles. The van der Waals surface area contributed by atoms with Gasteiger partial charge in [-0.15, -0.1) is 10.2 Å². The van der Waals surface area contributed by atoms with Gasteiger partial charge >= 0.3 is 0 Å². The standard InChI is InChI=1S/C17H13BrN6O/c1-10(15-19-14-5-3-2-4-13(14)17(25)20-15)24-22-16(21-23-24)11-6-8-12(18)9-7-11/h2-10H,1H3,(H,19,20,25). The van der Waals surface area contributed by atoms with Crippen molar-refractivity contribution >= 4 is 26.8 Å². The third-order valence-electron chi connectivity index (χ3n) is 3.90. The van der Waals surface area contributed by atoms with E-state index in [1.807, 2.05) is 49.4 Å². The van der Waals surface area contributed by atoms with Gasteiger partial charge in [0.1, 0.15) is 11.9 Å². The molecule has 0 aliphatic carbocycles. The van der Waals surface area contributed by atoms with Crippen LogP contribution in [0.25, 0.3) is 22.3 Å². The minimum absolute atomic E-state index is 0.180. The molecule has 4 aromatic rings. The molecule has 124 valence electrons. The number of halogens is 1. The van der Waals surface area contributed by atoms with Crippen LogP contribution in [-0.2, 0) is 0 Å². The summed E-state index contributed by atoms with van der Waals surface area (Å²) in [4.78, 5) is 21.0. The number of aromatic amines is 1. The monoisotopic (exact) mass is 396 g/mol. The van der Waals surface area contributed by atoms with E-state index in [-0.39, 0.29) is 11.6 Å². The molecule has 0 saturated heterocycles. The first-order valence-electron chi connectivity index (χ1n) is 7.66. The van der Waals surface area contributed by atoms with E-state index in [0.29, 0.717) is 22.6 Å². The van der Waals surface area contributed by atoms with Crippen molar-refractivity contribution in [2.75, 3.05) is 0 Å². The van der Waals surface area contributed by atoms with Crippen molar-refractivity contribution in [3.63, 3.8) is 0 Å². The van der Waals surface area contributed by atoms with Crippen LogP contribution in [0.5, 0.6) is 0 Å². The van der Waals surface area contributed by atoms with E-state index in [2.05, 4.69) is 41.3 Å². The SMILES string of the molecule is CC(c1nc2ccccc2c(=O)[nH]1)n1nnc(-c2ccc(Br)cc2)n1. The van der Waals surface area contributed by atoms with Gasteiger partial charge < -0.3 is 4.98 Å². The van der Waals surface area contributed by atoms with Gasteiger partial charge in [-0.1, -0.05) is 28.1 Å². The van der Waals surface area contributed by atoms with E-state index in [0.717, 1.165) is 10.0 Å². The number of tetrazole rings is 1. The van der Waals surface area contributed by atoms with Gasteiger partial charge in [-0.2, -0.15) is 4.80 Å². The normalized spacial score (nSPS) is 12.4. The highest BCUT2D eigenvalue weighted by molar-refractivity contribution is 9.10. The summed E-state index contributed by atoms with van der Waals surface area (Å²) in [6, 6.07) is 14.5. The Bertz CT molecular complexity index is 1100. The number of para-hydroxylation sites is 1. The van der Waals surface area contributed by atoms with Crippen molar-refractivity contribution in [2.24, 2.45) is 0 Å². The summed E-state index contributed by atoms with van der Waals surface area (Å²) in [5.74, 6) is 1.01. The van der Waals surface area contributed by atoms with E-state index in [1.165, 1.54) is 4.80 Å². The van der Waals surface area contributed by atoms with Gasteiger partial charge in [0.25, 0.3) is 5.56 Å². The van der Waals surface area contributed by atoms with Gasteiger partial charge in [0, 0.05) is 10.0 Å². The van der Waals surface area contributed by atoms with E-state index in [1.54, 1.807) is 6.07 Å². The first-order valence-corrected chi connectivity index (χ1v) is 8.45. The summed E-state index contributed by atoms with van der Waals surface area (Å²) in [6.45, 7) is 1.86. The van der Waals surface area contributed by atoms with Crippen molar-refractivity contribution in [1.29, 1.82) is 0 Å². The summed E-state index contributed by atoms with van der Waals surface area (Å²) >= 11 is 3.40. The molecule has 0 bridgehead atoms. The summed E-state index contributed by atoms with van der Waals surface area (Å²) in [5, 5.41) is 13.2. The Morgan fingerprint density at radius 3 is 2.68 bits per heavy atom. The topological polar surface area (TPSA) is 89.4 Å². The van der Waals surface area contributed by atoms with Crippen LogP contribution >= 0.6 is 15.9 Å². The van der Waals surface area contributed by atoms with Crippen LogP contribution in [0.15, 0.2) is 57.8 Å². The van der Waals surface area contributed by atoms with Gasteiger partial charge in [-0.3, -0.25) is 4.79 Å². The molecule has 0 radical (unpaired) electrons. The Morgan fingerprint density at radius 2 is 1.88 bits per heavy atom. The van der Waals surface area contributed by atoms with Crippen molar-refractivity contribution in [2.45, 2.75) is 13.0 Å². The largest absolute Gasteiger partial charge is 0.308 e. The molecule has 25 heavy (non-hydrogen) atoms. The van der Waals surface area contributed by atoms with Crippen LogP contribution < -0.4 is 5.56 Å². The van der Waals surface area contributed by atoms with Crippen molar-refractivity contribution in [1.82, 2.24) is 30.2 Å². The quantitative estimate of drug-likeness (QED) is 0.574. The molecular formula is C17H13BrN6O. The first-order chi connectivity index (χ1) is 12.1. The average Bonchev–Trinajstić information content (AvgIpc) is 3.12. The Kier molecular flexibility index (Phi) is 3.89. The van der Waals surface area contributed by atoms with Gasteiger partial charge in [0.05, 0.1) is 10.9 Å². The second-order valence-corrected chi connectivity index (χ2v) is 6.50. The van der Waals surface area contributed by atoms with E-state index in [4.69, 9.17) is 0 Å². The number of nitrogens with zero attached hydrogens (tertiary/aromatic N) is 5. The molecule has 0 aliphatic heterocycles. The summed E-state index contributed by atoms with van der Waals surface area (Å²) in [7, 11) is 0. The number of aromatic nitrogens is 6. The number of benzene rings is 2. The van der Waals surface area contributed by atoms with Gasteiger partial charge in [-0.25, -0.2) is 4.98 Å².